The summed E-state index contributed by atoms with van der Waals surface area (Å²) >= 11 is 0. The van der Waals surface area contributed by atoms with E-state index in [2.05, 4.69) is 17.1 Å². The quantitative estimate of drug-likeness (QED) is 0.604. The molecule has 7 heteroatoms. The van der Waals surface area contributed by atoms with Gasteiger partial charge in [0.15, 0.2) is 0 Å². The molecule has 3 amide bonds. The lowest BCUT2D eigenvalue weighted by molar-refractivity contribution is -0.122. The third-order valence-electron chi connectivity index (χ3n) is 7.70. The molecule has 1 N–H and O–H groups in total. The summed E-state index contributed by atoms with van der Waals surface area (Å²) < 4.78 is 0. The van der Waals surface area contributed by atoms with Crippen LogP contribution in [0.15, 0.2) is 48.5 Å². The van der Waals surface area contributed by atoms with Gasteiger partial charge in [-0.3, -0.25) is 14.4 Å². The van der Waals surface area contributed by atoms with E-state index in [1.54, 1.807) is 15.9 Å². The topological polar surface area (TPSA) is 73.0 Å². The van der Waals surface area contributed by atoms with E-state index < -0.39 is 6.04 Å². The van der Waals surface area contributed by atoms with E-state index >= 15 is 0 Å². The van der Waals surface area contributed by atoms with E-state index in [4.69, 9.17) is 0 Å². The van der Waals surface area contributed by atoms with Gasteiger partial charge in [-0.25, -0.2) is 0 Å². The number of para-hydroxylation sites is 1. The van der Waals surface area contributed by atoms with E-state index in [1.165, 1.54) is 12.8 Å². The van der Waals surface area contributed by atoms with Crippen molar-refractivity contribution in [2.45, 2.75) is 51.6 Å². The van der Waals surface area contributed by atoms with Crippen molar-refractivity contribution in [2.24, 2.45) is 5.92 Å². The third-order valence-corrected chi connectivity index (χ3v) is 7.70. The minimum absolute atomic E-state index is 0.0484. The Morgan fingerprint density at radius 2 is 1.86 bits per heavy atom. The van der Waals surface area contributed by atoms with Gasteiger partial charge in [-0.15, -0.1) is 0 Å². The average Bonchev–Trinajstić information content (AvgIpc) is 3.37. The maximum Gasteiger partial charge on any atom is 0.256 e. The van der Waals surface area contributed by atoms with Crippen molar-refractivity contribution in [2.75, 3.05) is 37.6 Å². The lowest BCUT2D eigenvalue weighted by Gasteiger charge is -2.30. The van der Waals surface area contributed by atoms with Crippen LogP contribution in [0, 0.1) is 5.92 Å². The molecule has 0 aromatic heterocycles. The largest absolute Gasteiger partial charge is 0.352 e. The zero-order valence-corrected chi connectivity index (χ0v) is 21.1. The van der Waals surface area contributed by atoms with Crippen LogP contribution in [0.1, 0.15) is 65.3 Å². The van der Waals surface area contributed by atoms with E-state index in [0.717, 1.165) is 44.0 Å². The Balaban J connectivity index is 1.25. The van der Waals surface area contributed by atoms with Gasteiger partial charge in [0.05, 0.1) is 17.8 Å². The van der Waals surface area contributed by atoms with Crippen molar-refractivity contribution in [3.63, 3.8) is 0 Å². The number of carbonyl (C=O) groups is 3. The van der Waals surface area contributed by atoms with Gasteiger partial charge in [0.2, 0.25) is 5.91 Å². The van der Waals surface area contributed by atoms with Gasteiger partial charge >= 0.3 is 0 Å². The molecule has 2 aromatic rings. The number of anilines is 1. The number of hydrogen-bond acceptors (Lipinski definition) is 4. The molecule has 0 radical (unpaired) electrons. The second-order valence-corrected chi connectivity index (χ2v) is 10.5. The van der Waals surface area contributed by atoms with Crippen LogP contribution in [0.3, 0.4) is 0 Å². The number of carbonyl (C=O) groups excluding carboxylic acids is 3. The van der Waals surface area contributed by atoms with Crippen molar-refractivity contribution in [1.29, 1.82) is 0 Å². The van der Waals surface area contributed by atoms with Crippen molar-refractivity contribution < 1.29 is 14.4 Å². The van der Waals surface area contributed by atoms with Gasteiger partial charge in [-0.1, -0.05) is 31.2 Å². The van der Waals surface area contributed by atoms with Crippen LogP contribution in [-0.4, -0.2) is 66.3 Å². The van der Waals surface area contributed by atoms with Gasteiger partial charge in [0.1, 0.15) is 6.04 Å². The van der Waals surface area contributed by atoms with Gasteiger partial charge in [0, 0.05) is 25.2 Å². The second-order valence-electron chi connectivity index (χ2n) is 10.5. The van der Waals surface area contributed by atoms with Crippen LogP contribution in [0.25, 0.3) is 0 Å². The molecule has 3 aliphatic heterocycles. The highest BCUT2D eigenvalue weighted by Crippen LogP contribution is 2.33. The minimum Gasteiger partial charge on any atom is -0.352 e. The van der Waals surface area contributed by atoms with Crippen LogP contribution in [0.5, 0.6) is 0 Å². The first-order chi connectivity index (χ1) is 17.5. The SMILES string of the molecule is C[C@H]1CCCN(CCCNC(=O)c2cccc(CN3C(=O)[C@H]4CCCN4C(=O)c4ccccc43)c2)C1. The highest BCUT2D eigenvalue weighted by Gasteiger charge is 2.41. The summed E-state index contributed by atoms with van der Waals surface area (Å²) in [5, 5.41) is 3.05. The van der Waals surface area contributed by atoms with Crippen LogP contribution in [-0.2, 0) is 11.3 Å². The van der Waals surface area contributed by atoms with Crippen LogP contribution >= 0.6 is 0 Å². The summed E-state index contributed by atoms with van der Waals surface area (Å²) in [6.45, 7) is 7.21. The number of piperidine rings is 1. The molecule has 190 valence electrons. The fourth-order valence-electron chi connectivity index (χ4n) is 5.86. The molecule has 2 aromatic carbocycles. The fourth-order valence-corrected chi connectivity index (χ4v) is 5.86. The molecule has 36 heavy (non-hydrogen) atoms. The molecule has 3 aliphatic rings. The first-order valence-corrected chi connectivity index (χ1v) is 13.3. The molecule has 2 atom stereocenters. The van der Waals surface area contributed by atoms with Gasteiger partial charge in [0.25, 0.3) is 11.8 Å². The summed E-state index contributed by atoms with van der Waals surface area (Å²) in [5.41, 5.74) is 2.66. The molecular formula is C29H36N4O3. The molecule has 5 rings (SSSR count). The summed E-state index contributed by atoms with van der Waals surface area (Å²) in [6, 6.07) is 14.4. The zero-order valence-electron chi connectivity index (χ0n) is 21.1. The molecule has 3 heterocycles. The smallest absolute Gasteiger partial charge is 0.256 e. The lowest BCUT2D eigenvalue weighted by atomic mass is 10.0. The van der Waals surface area contributed by atoms with Gasteiger partial charge < -0.3 is 20.0 Å². The maximum absolute atomic E-state index is 13.5. The molecule has 2 fully saturated rings. The molecule has 7 nitrogen and oxygen atoms in total. The molecule has 0 aliphatic carbocycles. The van der Waals surface area contributed by atoms with Gasteiger partial charge in [-0.05, 0) is 80.9 Å². The monoisotopic (exact) mass is 488 g/mol. The zero-order chi connectivity index (χ0) is 25.1. The molecule has 2 saturated heterocycles. The Hall–Kier alpha value is -3.19. The Bertz CT molecular complexity index is 1130. The first kappa shape index (κ1) is 24.5. The van der Waals surface area contributed by atoms with Crippen molar-refractivity contribution >= 4 is 23.4 Å². The van der Waals surface area contributed by atoms with E-state index in [9.17, 15) is 14.4 Å². The number of nitrogens with zero attached hydrogens (tertiary/aromatic N) is 3. The van der Waals surface area contributed by atoms with Crippen LogP contribution in [0.4, 0.5) is 5.69 Å². The third kappa shape index (κ3) is 5.16. The normalized spacial score (nSPS) is 22.2. The molecule has 0 bridgehead atoms. The minimum atomic E-state index is -0.417. The highest BCUT2D eigenvalue weighted by atomic mass is 16.2. The van der Waals surface area contributed by atoms with Crippen molar-refractivity contribution in [3.05, 3.63) is 65.2 Å². The predicted molar refractivity (Wildman–Crippen MR) is 140 cm³/mol. The predicted octanol–water partition coefficient (Wildman–Crippen LogP) is 3.69. The van der Waals surface area contributed by atoms with Crippen molar-refractivity contribution in [1.82, 2.24) is 15.1 Å². The van der Waals surface area contributed by atoms with Crippen LogP contribution in [0.2, 0.25) is 0 Å². The summed E-state index contributed by atoms with van der Waals surface area (Å²) in [7, 11) is 0. The molecule has 0 unspecified atom stereocenters. The van der Waals surface area contributed by atoms with E-state index in [1.807, 2.05) is 42.5 Å². The fraction of sp³-hybridized carbons (Fsp3) is 0.483. The Kier molecular flexibility index (Phi) is 7.37. The van der Waals surface area contributed by atoms with Crippen LogP contribution < -0.4 is 10.2 Å². The second kappa shape index (κ2) is 10.8. The number of benzene rings is 2. The lowest BCUT2D eigenvalue weighted by Crippen LogP contribution is -2.44. The number of hydrogen-bond donors (Lipinski definition) is 1. The maximum atomic E-state index is 13.5. The number of likely N-dealkylation sites (tertiary alicyclic amines) is 1. The Morgan fingerprint density at radius 1 is 1.03 bits per heavy atom. The number of nitrogens with one attached hydrogen (secondary N) is 1. The summed E-state index contributed by atoms with van der Waals surface area (Å²) in [4.78, 5) is 45.5. The van der Waals surface area contributed by atoms with E-state index in [0.29, 0.717) is 42.9 Å². The number of fused-ring (bicyclic) bond motifs is 2. The van der Waals surface area contributed by atoms with Crippen molar-refractivity contribution in [3.8, 4) is 0 Å². The first-order valence-electron chi connectivity index (χ1n) is 13.3. The molecule has 0 spiro atoms. The standard InChI is InChI=1S/C29H36N4O3/c1-21-8-5-15-31(19-21)16-7-14-30-27(34)23-10-4-9-22(18-23)20-33-25-12-3-2-11-24(25)28(35)32-17-6-13-26(32)29(33)36/h2-4,9-12,18,21,26H,5-8,13-17,19-20H2,1H3,(H,30,34)/t21-,26+/m0/s1. The average molecular weight is 489 g/mol. The number of amides is 3. The summed E-state index contributed by atoms with van der Waals surface area (Å²) in [6.07, 6.45) is 5.03. The molecular weight excluding hydrogens is 452 g/mol. The highest BCUT2D eigenvalue weighted by molar-refractivity contribution is 6.11. The Labute approximate surface area is 213 Å². The van der Waals surface area contributed by atoms with Gasteiger partial charge in [-0.2, -0.15) is 0 Å². The molecule has 0 saturated carbocycles. The number of rotatable bonds is 7. The summed E-state index contributed by atoms with van der Waals surface area (Å²) in [5.74, 6) is 0.543. The van der Waals surface area contributed by atoms with E-state index in [-0.39, 0.29) is 17.7 Å². The Morgan fingerprint density at radius 3 is 2.72 bits per heavy atom.